The second-order valence-electron chi connectivity index (χ2n) is 7.86. The Morgan fingerprint density at radius 3 is 2.42 bits per heavy atom. The zero-order valence-electron chi connectivity index (χ0n) is 18.1. The van der Waals surface area contributed by atoms with E-state index in [9.17, 15) is 17.6 Å². The van der Waals surface area contributed by atoms with E-state index < -0.39 is 21.4 Å². The normalized spacial score (nSPS) is 11.7. The van der Waals surface area contributed by atoms with E-state index in [-0.39, 0.29) is 30.1 Å². The number of nitrogen functional groups attached to an aromatic ring is 1. The van der Waals surface area contributed by atoms with Crippen molar-refractivity contribution < 1.29 is 17.6 Å². The third kappa shape index (κ3) is 4.90. The first-order valence-electron chi connectivity index (χ1n) is 10.2. The molecule has 0 aliphatic carbocycles. The molecule has 0 radical (unpaired) electrons. The van der Waals surface area contributed by atoms with Crippen LogP contribution in [0.25, 0.3) is 28.2 Å². The highest BCUT2D eigenvalue weighted by Crippen LogP contribution is 2.31. The molecule has 0 aliphatic heterocycles. The Morgan fingerprint density at radius 2 is 1.73 bits per heavy atom. The van der Waals surface area contributed by atoms with Crippen LogP contribution in [0.2, 0.25) is 0 Å². The molecule has 0 saturated carbocycles. The Bertz CT molecular complexity index is 1460. The molecule has 0 aliphatic rings. The van der Waals surface area contributed by atoms with Gasteiger partial charge in [0, 0.05) is 41.9 Å². The van der Waals surface area contributed by atoms with E-state index in [0.717, 1.165) is 17.6 Å². The van der Waals surface area contributed by atoms with Gasteiger partial charge in [-0.3, -0.25) is 4.79 Å². The summed E-state index contributed by atoms with van der Waals surface area (Å²) in [6, 6.07) is 9.39. The summed E-state index contributed by atoms with van der Waals surface area (Å²) in [7, 11) is -3.19. The molecule has 33 heavy (non-hydrogen) atoms. The molecule has 0 spiro atoms. The number of carbonyl (C=O) groups excluding carboxylic acids is 1. The molecule has 8 nitrogen and oxygen atoms in total. The average Bonchev–Trinajstić information content (AvgIpc) is 3.13. The quantitative estimate of drug-likeness (QED) is 0.413. The molecule has 0 atom stereocenters. The number of hydrogen-bond donors (Lipinski definition) is 1. The van der Waals surface area contributed by atoms with Gasteiger partial charge < -0.3 is 10.1 Å². The SMILES string of the molecule is Cc1cnc2ccc(-c3nc(C(=O)CCCS(C)(=O)=O)c(N)nc3-c3ccc(F)cc3)cn12. The second kappa shape index (κ2) is 8.70. The Hall–Kier alpha value is -3.66. The largest absolute Gasteiger partial charge is 0.382 e. The number of nitrogens with two attached hydrogens (primary N) is 1. The first kappa shape index (κ1) is 22.5. The number of sulfone groups is 1. The number of anilines is 1. The van der Waals surface area contributed by atoms with Gasteiger partial charge in [0.05, 0.1) is 17.1 Å². The second-order valence-corrected chi connectivity index (χ2v) is 10.1. The molecule has 10 heteroatoms. The molecule has 0 unspecified atom stereocenters. The number of pyridine rings is 1. The summed E-state index contributed by atoms with van der Waals surface area (Å²) >= 11 is 0. The van der Waals surface area contributed by atoms with Crippen molar-refractivity contribution in [2.45, 2.75) is 19.8 Å². The first-order valence-corrected chi connectivity index (χ1v) is 12.3. The Morgan fingerprint density at radius 1 is 1.06 bits per heavy atom. The number of benzene rings is 1. The van der Waals surface area contributed by atoms with Crippen LogP contribution in [0.4, 0.5) is 10.2 Å². The lowest BCUT2D eigenvalue weighted by Gasteiger charge is -2.13. The minimum absolute atomic E-state index is 0.0215. The van der Waals surface area contributed by atoms with E-state index in [0.29, 0.717) is 22.5 Å². The van der Waals surface area contributed by atoms with Crippen molar-refractivity contribution in [3.63, 3.8) is 0 Å². The number of hydrogen-bond acceptors (Lipinski definition) is 7. The van der Waals surface area contributed by atoms with E-state index in [4.69, 9.17) is 5.73 Å². The number of ketones is 1. The van der Waals surface area contributed by atoms with Crippen molar-refractivity contribution in [1.29, 1.82) is 0 Å². The highest BCUT2D eigenvalue weighted by molar-refractivity contribution is 7.90. The molecule has 0 saturated heterocycles. The van der Waals surface area contributed by atoms with Gasteiger partial charge in [-0.2, -0.15) is 0 Å². The van der Waals surface area contributed by atoms with Crippen LogP contribution in [0, 0.1) is 12.7 Å². The number of Topliss-reactive ketones (excluding diaryl/α,β-unsaturated/α-hetero) is 1. The van der Waals surface area contributed by atoms with Crippen LogP contribution in [0.3, 0.4) is 0 Å². The van der Waals surface area contributed by atoms with Crippen LogP contribution in [-0.4, -0.2) is 45.6 Å². The van der Waals surface area contributed by atoms with Gasteiger partial charge in [0.25, 0.3) is 0 Å². The number of fused-ring (bicyclic) bond motifs is 1. The van der Waals surface area contributed by atoms with Gasteiger partial charge in [-0.1, -0.05) is 0 Å². The molecule has 2 N–H and O–H groups in total. The predicted molar refractivity (Wildman–Crippen MR) is 124 cm³/mol. The van der Waals surface area contributed by atoms with Gasteiger partial charge in [-0.15, -0.1) is 0 Å². The molecule has 4 rings (SSSR count). The van der Waals surface area contributed by atoms with Crippen LogP contribution < -0.4 is 5.73 Å². The van der Waals surface area contributed by atoms with E-state index >= 15 is 0 Å². The summed E-state index contributed by atoms with van der Waals surface area (Å²) in [5.74, 6) is -0.962. The van der Waals surface area contributed by atoms with Crippen molar-refractivity contribution in [2.75, 3.05) is 17.7 Å². The number of rotatable bonds is 7. The van der Waals surface area contributed by atoms with Crippen LogP contribution in [-0.2, 0) is 9.84 Å². The van der Waals surface area contributed by atoms with Crippen molar-refractivity contribution in [3.05, 3.63) is 66.0 Å². The molecule has 3 heterocycles. The number of nitrogens with zero attached hydrogens (tertiary/aromatic N) is 4. The van der Waals surface area contributed by atoms with E-state index in [1.54, 1.807) is 18.3 Å². The Labute approximate surface area is 190 Å². The number of halogens is 1. The summed E-state index contributed by atoms with van der Waals surface area (Å²) in [6.07, 6.45) is 4.83. The Kier molecular flexibility index (Phi) is 5.94. The summed E-state index contributed by atoms with van der Waals surface area (Å²) in [4.78, 5) is 26.1. The zero-order chi connectivity index (χ0) is 23.8. The molecular weight excluding hydrogens is 445 g/mol. The van der Waals surface area contributed by atoms with Gasteiger partial charge >= 0.3 is 0 Å². The molecule has 170 valence electrons. The minimum atomic E-state index is -3.19. The van der Waals surface area contributed by atoms with Crippen LogP contribution in [0.15, 0.2) is 48.8 Å². The summed E-state index contributed by atoms with van der Waals surface area (Å²) in [5, 5.41) is 0. The van der Waals surface area contributed by atoms with Gasteiger partial charge in [-0.05, 0) is 49.7 Å². The highest BCUT2D eigenvalue weighted by atomic mass is 32.2. The maximum Gasteiger partial charge on any atom is 0.185 e. The topological polar surface area (TPSA) is 120 Å². The van der Waals surface area contributed by atoms with Crippen molar-refractivity contribution in [3.8, 4) is 22.5 Å². The van der Waals surface area contributed by atoms with Crippen LogP contribution >= 0.6 is 0 Å². The Balaban J connectivity index is 1.83. The molecule has 1 aromatic carbocycles. The van der Waals surface area contributed by atoms with E-state index in [1.165, 1.54) is 12.1 Å². The van der Waals surface area contributed by atoms with Gasteiger partial charge in [0.2, 0.25) is 0 Å². The molecular formula is C23H22FN5O3S. The fourth-order valence-electron chi connectivity index (χ4n) is 3.52. The number of imidazole rings is 1. The fourth-order valence-corrected chi connectivity index (χ4v) is 4.19. The molecule has 3 aromatic heterocycles. The molecule has 0 bridgehead atoms. The maximum absolute atomic E-state index is 13.5. The van der Waals surface area contributed by atoms with E-state index in [2.05, 4.69) is 15.0 Å². The fraction of sp³-hybridized carbons (Fsp3) is 0.217. The predicted octanol–water partition coefficient (Wildman–Crippen LogP) is 3.50. The lowest BCUT2D eigenvalue weighted by molar-refractivity contribution is 0.0978. The molecule has 0 fully saturated rings. The zero-order valence-corrected chi connectivity index (χ0v) is 18.9. The number of carbonyl (C=O) groups is 1. The van der Waals surface area contributed by atoms with Gasteiger partial charge in [0.15, 0.2) is 11.6 Å². The van der Waals surface area contributed by atoms with Gasteiger partial charge in [-0.25, -0.2) is 27.8 Å². The van der Waals surface area contributed by atoms with E-state index in [1.807, 2.05) is 29.7 Å². The smallest absolute Gasteiger partial charge is 0.185 e. The summed E-state index contributed by atoms with van der Waals surface area (Å²) in [5.41, 5.74) is 9.79. The number of aryl methyl sites for hydroxylation is 1. The molecule has 4 aromatic rings. The third-order valence-corrected chi connectivity index (χ3v) is 6.22. The first-order chi connectivity index (χ1) is 15.6. The van der Waals surface area contributed by atoms with Crippen molar-refractivity contribution in [2.24, 2.45) is 0 Å². The van der Waals surface area contributed by atoms with Crippen LogP contribution in [0.5, 0.6) is 0 Å². The standard InChI is InChI=1S/C23H22FN5O3S/c1-14-12-26-19-10-7-16(13-29(14)19)21-20(15-5-8-17(24)9-6-15)28-23(25)22(27-21)18(30)4-3-11-33(2,31)32/h5-10,12-13H,3-4,11H2,1-2H3,(H2,25,28). The highest BCUT2D eigenvalue weighted by Gasteiger charge is 2.21. The lowest BCUT2D eigenvalue weighted by atomic mass is 10.0. The van der Waals surface area contributed by atoms with Crippen LogP contribution in [0.1, 0.15) is 29.0 Å². The average molecular weight is 468 g/mol. The summed E-state index contributed by atoms with van der Waals surface area (Å²) < 4.78 is 38.2. The lowest BCUT2D eigenvalue weighted by Crippen LogP contribution is -2.13. The minimum Gasteiger partial charge on any atom is -0.382 e. The van der Waals surface area contributed by atoms with Gasteiger partial charge in [0.1, 0.15) is 27.0 Å². The number of aromatic nitrogens is 4. The monoisotopic (exact) mass is 467 g/mol. The summed E-state index contributed by atoms with van der Waals surface area (Å²) in [6.45, 7) is 1.91. The third-order valence-electron chi connectivity index (χ3n) is 5.19. The molecule has 0 amide bonds. The van der Waals surface area contributed by atoms with Crippen molar-refractivity contribution in [1.82, 2.24) is 19.4 Å². The van der Waals surface area contributed by atoms with Crippen molar-refractivity contribution >= 4 is 27.1 Å². The maximum atomic E-state index is 13.5.